The molecule has 0 spiro atoms. The zero-order valence-corrected chi connectivity index (χ0v) is 22.8. The van der Waals surface area contributed by atoms with Crippen molar-refractivity contribution in [2.24, 2.45) is 10.9 Å². The van der Waals surface area contributed by atoms with E-state index in [4.69, 9.17) is 23.1 Å². The largest absolute Gasteiger partial charge is 0.477 e. The number of carboxylic acid groups (broad SMARTS) is 1. The first-order valence-electron chi connectivity index (χ1n) is 10.5. The molecule has 2 amide bonds. The van der Waals surface area contributed by atoms with E-state index in [1.165, 1.54) is 47.0 Å². The third-order valence-corrected chi connectivity index (χ3v) is 10.1. The summed E-state index contributed by atoms with van der Waals surface area (Å²) in [6, 6.07) is 1.76. The Morgan fingerprint density at radius 2 is 2.16 bits per heavy atom. The van der Waals surface area contributed by atoms with Crippen molar-refractivity contribution in [3.8, 4) is 0 Å². The van der Waals surface area contributed by atoms with Crippen LogP contribution in [0.2, 0.25) is 5.02 Å². The van der Waals surface area contributed by atoms with Crippen LogP contribution in [0.25, 0.3) is 0 Å². The highest BCUT2D eigenvalue weighted by Gasteiger charge is 2.54. The number of carbonyl (C=O) groups excluding carboxylic acids is 2. The van der Waals surface area contributed by atoms with Crippen LogP contribution in [-0.4, -0.2) is 78.1 Å². The Kier molecular flexibility index (Phi) is 8.86. The maximum absolute atomic E-state index is 13.0. The fraction of sp³-hybridized carbons (Fsp3) is 0.300. The predicted octanol–water partition coefficient (Wildman–Crippen LogP) is 1.63. The van der Waals surface area contributed by atoms with E-state index in [0.29, 0.717) is 23.0 Å². The van der Waals surface area contributed by atoms with E-state index in [1.807, 2.05) is 0 Å². The Balaban J connectivity index is 1.51. The highest BCUT2D eigenvalue weighted by molar-refractivity contribution is 8.07. The minimum absolute atomic E-state index is 0.0207. The van der Waals surface area contributed by atoms with Gasteiger partial charge in [-0.15, -0.1) is 23.1 Å². The molecule has 0 aliphatic carbocycles. The SMILES string of the molecule is NCCSCc1ncsc1SC1=C(C(=O)O)N2C(=O)[C@@H](NC(=O)/C(=N\O)c3nc(N)ccc3Cl)[C@@H]2SC1. The lowest BCUT2D eigenvalue weighted by molar-refractivity contribution is -0.150. The van der Waals surface area contributed by atoms with E-state index in [1.54, 1.807) is 17.3 Å². The summed E-state index contributed by atoms with van der Waals surface area (Å²) >= 11 is 11.7. The Hall–Kier alpha value is -2.50. The number of pyridine rings is 1. The maximum atomic E-state index is 13.0. The van der Waals surface area contributed by atoms with Gasteiger partial charge in [-0.05, 0) is 12.1 Å². The number of carboxylic acids is 1. The number of oxime groups is 1. The van der Waals surface area contributed by atoms with Crippen LogP contribution in [0.15, 0.2) is 37.6 Å². The lowest BCUT2D eigenvalue weighted by Gasteiger charge is -2.49. The lowest BCUT2D eigenvalue weighted by Crippen LogP contribution is -2.71. The van der Waals surface area contributed by atoms with Gasteiger partial charge in [0.2, 0.25) is 0 Å². The first-order chi connectivity index (χ1) is 17.8. The van der Waals surface area contributed by atoms with E-state index < -0.39 is 34.9 Å². The van der Waals surface area contributed by atoms with Crippen LogP contribution in [0, 0.1) is 0 Å². The van der Waals surface area contributed by atoms with Crippen molar-refractivity contribution in [2.45, 2.75) is 21.4 Å². The van der Waals surface area contributed by atoms with Gasteiger partial charge in [0.25, 0.3) is 11.8 Å². The van der Waals surface area contributed by atoms with E-state index in [9.17, 15) is 24.7 Å². The molecule has 2 atom stereocenters. The highest BCUT2D eigenvalue weighted by Crippen LogP contribution is 2.46. The molecule has 37 heavy (non-hydrogen) atoms. The number of halogens is 1. The van der Waals surface area contributed by atoms with Crippen LogP contribution in [0.3, 0.4) is 0 Å². The minimum atomic E-state index is -1.25. The monoisotopic (exact) mass is 601 g/mol. The van der Waals surface area contributed by atoms with E-state index in [2.05, 4.69) is 20.4 Å². The summed E-state index contributed by atoms with van der Waals surface area (Å²) in [5.74, 6) is -0.983. The molecule has 0 aromatic carbocycles. The molecular weight excluding hydrogens is 582 g/mol. The van der Waals surface area contributed by atoms with Gasteiger partial charge in [-0.3, -0.25) is 14.5 Å². The van der Waals surface area contributed by atoms with Crippen molar-refractivity contribution in [3.63, 3.8) is 0 Å². The second-order valence-electron chi connectivity index (χ2n) is 7.48. The third-order valence-electron chi connectivity index (χ3n) is 5.15. The first kappa shape index (κ1) is 27.5. The molecule has 0 radical (unpaired) electrons. The summed E-state index contributed by atoms with van der Waals surface area (Å²) in [6.07, 6.45) is 0. The van der Waals surface area contributed by atoms with Gasteiger partial charge in [0, 0.05) is 28.7 Å². The van der Waals surface area contributed by atoms with Gasteiger partial charge in [-0.2, -0.15) is 11.8 Å². The number of nitrogens with two attached hydrogens (primary N) is 2. The number of thiazole rings is 1. The number of anilines is 1. The summed E-state index contributed by atoms with van der Waals surface area (Å²) in [5.41, 5.74) is 12.9. The number of nitrogens with zero attached hydrogens (tertiary/aromatic N) is 4. The van der Waals surface area contributed by atoms with Crippen molar-refractivity contribution in [2.75, 3.05) is 23.8 Å². The van der Waals surface area contributed by atoms with Crippen LogP contribution in [0.5, 0.6) is 0 Å². The molecule has 2 aromatic heterocycles. The second-order valence-corrected chi connectivity index (χ2v) is 12.3. The zero-order chi connectivity index (χ0) is 26.7. The number of hydrogen-bond donors (Lipinski definition) is 5. The van der Waals surface area contributed by atoms with Crippen LogP contribution in [-0.2, 0) is 20.1 Å². The molecule has 196 valence electrons. The van der Waals surface area contributed by atoms with Gasteiger partial charge in [-0.25, -0.2) is 14.8 Å². The van der Waals surface area contributed by atoms with Crippen LogP contribution < -0.4 is 16.8 Å². The van der Waals surface area contributed by atoms with Crippen molar-refractivity contribution >= 4 is 87.5 Å². The Bertz CT molecular complexity index is 1300. The normalized spacial score (nSPS) is 19.5. The summed E-state index contributed by atoms with van der Waals surface area (Å²) < 4.78 is 0.852. The molecule has 0 unspecified atom stereocenters. The van der Waals surface area contributed by atoms with Crippen molar-refractivity contribution in [1.29, 1.82) is 0 Å². The van der Waals surface area contributed by atoms with Gasteiger partial charge in [0.15, 0.2) is 5.71 Å². The quantitative estimate of drug-likeness (QED) is 0.0868. The minimum Gasteiger partial charge on any atom is -0.477 e. The van der Waals surface area contributed by atoms with Crippen LogP contribution >= 0.6 is 58.2 Å². The Morgan fingerprint density at radius 3 is 2.86 bits per heavy atom. The summed E-state index contributed by atoms with van der Waals surface area (Å²) in [6.45, 7) is 0.549. The van der Waals surface area contributed by atoms with Crippen LogP contribution in [0.1, 0.15) is 11.4 Å². The van der Waals surface area contributed by atoms with Crippen molar-refractivity contribution in [3.05, 3.63) is 44.7 Å². The number of aromatic nitrogens is 2. The Morgan fingerprint density at radius 1 is 1.38 bits per heavy atom. The number of nitrogens with one attached hydrogen (secondary N) is 1. The number of carbonyl (C=O) groups is 3. The number of rotatable bonds is 10. The number of aliphatic carboxylic acids is 1. The summed E-state index contributed by atoms with van der Waals surface area (Å²) in [4.78, 5) is 48.0. The molecule has 1 saturated heterocycles. The molecule has 12 nitrogen and oxygen atoms in total. The van der Waals surface area contributed by atoms with Gasteiger partial charge in [0.1, 0.15) is 28.6 Å². The summed E-state index contributed by atoms with van der Waals surface area (Å²) in [5, 5.41) is 24.2. The molecule has 4 rings (SSSR count). The fourth-order valence-corrected chi connectivity index (χ4v) is 8.15. The molecule has 7 N–H and O–H groups in total. The van der Waals surface area contributed by atoms with Crippen LogP contribution in [0.4, 0.5) is 5.82 Å². The molecule has 0 bridgehead atoms. The Labute approximate surface area is 232 Å². The van der Waals surface area contributed by atoms with E-state index in [0.717, 1.165) is 20.6 Å². The molecule has 2 aliphatic heterocycles. The van der Waals surface area contributed by atoms with Gasteiger partial charge >= 0.3 is 5.97 Å². The third kappa shape index (κ3) is 5.68. The smallest absolute Gasteiger partial charge is 0.353 e. The average Bonchev–Trinajstić information content (AvgIpc) is 3.31. The number of β-lactam (4-membered cyclic amide) rings is 1. The standard InChI is InChI=1S/C20H20ClN7O5S4/c21-8-1-2-11(23)25-12(8)13(27-33)16(29)26-14-17(30)28-15(19(31)32)10(6-35-18(14)28)37-20-9(24-7-36-20)5-34-4-3-22/h1-2,7,14,18,33H,3-6,22H2,(H2,23,25)(H,26,29)(H,31,32)/b27-13-/t14-,18+/m1/s1. The second kappa shape index (κ2) is 11.9. The number of amides is 2. The van der Waals surface area contributed by atoms with Crippen molar-refractivity contribution < 1.29 is 24.7 Å². The first-order valence-corrected chi connectivity index (χ1v) is 14.8. The number of nitrogen functional groups attached to an aromatic ring is 1. The highest BCUT2D eigenvalue weighted by atomic mass is 35.5. The number of fused-ring (bicyclic) bond motifs is 1. The number of hydrogen-bond acceptors (Lipinski definition) is 13. The topological polar surface area (TPSA) is 197 Å². The predicted molar refractivity (Wildman–Crippen MR) is 145 cm³/mol. The average molecular weight is 602 g/mol. The van der Waals surface area contributed by atoms with Crippen molar-refractivity contribution in [1.82, 2.24) is 20.2 Å². The van der Waals surface area contributed by atoms with Gasteiger partial charge in [0.05, 0.1) is 20.4 Å². The number of thioether (sulfide) groups is 3. The molecule has 4 heterocycles. The lowest BCUT2D eigenvalue weighted by atomic mass is 10.0. The summed E-state index contributed by atoms with van der Waals surface area (Å²) in [7, 11) is 0. The maximum Gasteiger partial charge on any atom is 0.353 e. The molecule has 2 aromatic rings. The fourth-order valence-electron chi connectivity index (χ4n) is 3.50. The molecule has 17 heteroatoms. The van der Waals surface area contributed by atoms with Gasteiger partial charge < -0.3 is 27.1 Å². The molecule has 0 saturated carbocycles. The van der Waals surface area contributed by atoms with E-state index in [-0.39, 0.29) is 22.2 Å². The van der Waals surface area contributed by atoms with Gasteiger partial charge in [-0.1, -0.05) is 28.5 Å². The molecular formula is C20H20ClN7O5S4. The molecule has 1 fully saturated rings. The zero-order valence-electron chi connectivity index (χ0n) is 18.8. The van der Waals surface area contributed by atoms with E-state index >= 15 is 0 Å². The molecule has 2 aliphatic rings.